The zero-order chi connectivity index (χ0) is 25.5. The lowest BCUT2D eigenvalue weighted by Crippen LogP contribution is -2.43. The predicted molar refractivity (Wildman–Crippen MR) is 119 cm³/mol. The summed E-state index contributed by atoms with van der Waals surface area (Å²) in [5, 5.41) is 11.4. The summed E-state index contributed by atoms with van der Waals surface area (Å²) in [4.78, 5) is 16.4. The van der Waals surface area contributed by atoms with Crippen LogP contribution in [-0.4, -0.2) is 36.3 Å². The van der Waals surface area contributed by atoms with Crippen molar-refractivity contribution in [3.8, 4) is 28.5 Å². The number of fused-ring (bicyclic) bond motifs is 1. The Kier molecular flexibility index (Phi) is 6.50. The molecule has 1 aliphatic heterocycles. The van der Waals surface area contributed by atoms with Crippen molar-refractivity contribution in [3.63, 3.8) is 0 Å². The third-order valence-electron chi connectivity index (χ3n) is 5.67. The normalized spacial score (nSPS) is 18.8. The van der Waals surface area contributed by atoms with E-state index in [1.54, 1.807) is 18.2 Å². The molecule has 1 aliphatic rings. The largest absolute Gasteiger partial charge is 0.481 e. The summed E-state index contributed by atoms with van der Waals surface area (Å²) in [6.45, 7) is -3.62. The molecular formula is C23H19ClF3N3O5. The van der Waals surface area contributed by atoms with Gasteiger partial charge in [-0.1, -0.05) is 17.7 Å². The highest BCUT2D eigenvalue weighted by Crippen LogP contribution is 2.54. The van der Waals surface area contributed by atoms with Crippen molar-refractivity contribution in [2.45, 2.75) is 18.3 Å². The van der Waals surface area contributed by atoms with Gasteiger partial charge in [0, 0.05) is 34.3 Å². The summed E-state index contributed by atoms with van der Waals surface area (Å²) in [7, 11) is 1.41. The molecule has 0 spiro atoms. The highest BCUT2D eigenvalue weighted by atomic mass is 35.5. The molecule has 1 amide bonds. The summed E-state index contributed by atoms with van der Waals surface area (Å²) in [5.74, 6) is -2.96. The van der Waals surface area contributed by atoms with Gasteiger partial charge in [0.05, 0.1) is 18.4 Å². The van der Waals surface area contributed by atoms with E-state index in [2.05, 4.69) is 9.72 Å². The molecule has 184 valence electrons. The van der Waals surface area contributed by atoms with Crippen LogP contribution in [0.25, 0.3) is 11.1 Å². The van der Waals surface area contributed by atoms with Gasteiger partial charge in [-0.15, -0.1) is 0 Å². The van der Waals surface area contributed by atoms with Crippen LogP contribution < -0.4 is 25.7 Å². The van der Waals surface area contributed by atoms with Crippen molar-refractivity contribution in [1.29, 1.82) is 0 Å². The molecule has 0 fully saturated rings. The molecule has 0 aliphatic carbocycles. The number of aliphatic hydroxyl groups excluding tert-OH is 1. The Balaban J connectivity index is 1.98. The van der Waals surface area contributed by atoms with Gasteiger partial charge in [0.2, 0.25) is 11.8 Å². The summed E-state index contributed by atoms with van der Waals surface area (Å²) in [6.07, 6.45) is -1.57. The molecule has 0 unspecified atom stereocenters. The number of hydrogen-bond acceptors (Lipinski definition) is 7. The lowest BCUT2D eigenvalue weighted by Gasteiger charge is -2.30. The molecule has 2 aromatic carbocycles. The summed E-state index contributed by atoms with van der Waals surface area (Å²) in [6, 6.07) is 9.37. The fourth-order valence-electron chi connectivity index (χ4n) is 4.08. The van der Waals surface area contributed by atoms with Crippen LogP contribution in [0.1, 0.15) is 27.7 Å². The van der Waals surface area contributed by atoms with Crippen LogP contribution >= 0.6 is 11.6 Å². The van der Waals surface area contributed by atoms with Gasteiger partial charge in [-0.2, -0.15) is 8.78 Å². The van der Waals surface area contributed by atoms with Crippen LogP contribution in [-0.2, 0) is 5.60 Å². The van der Waals surface area contributed by atoms with Crippen molar-refractivity contribution in [2.24, 2.45) is 11.5 Å². The molecule has 0 saturated carbocycles. The molecule has 5 N–H and O–H groups in total. The fraction of sp³-hybridized carbons (Fsp3) is 0.217. The Morgan fingerprint density at radius 1 is 1.26 bits per heavy atom. The second-order valence-corrected chi connectivity index (χ2v) is 7.95. The van der Waals surface area contributed by atoms with E-state index in [1.807, 2.05) is 0 Å². The molecule has 1 aromatic heterocycles. The number of nitrogens with two attached hydrogens (primary N) is 2. The van der Waals surface area contributed by atoms with Gasteiger partial charge in [0.15, 0.2) is 17.2 Å². The first-order valence-electron chi connectivity index (χ1n) is 10.1. The van der Waals surface area contributed by atoms with Gasteiger partial charge < -0.3 is 30.8 Å². The summed E-state index contributed by atoms with van der Waals surface area (Å²) in [5.41, 5.74) is 8.87. The number of rotatable bonds is 7. The molecule has 35 heavy (non-hydrogen) atoms. The van der Waals surface area contributed by atoms with E-state index in [0.29, 0.717) is 0 Å². The molecule has 2 heterocycles. The Hall–Kier alpha value is -3.54. The Labute approximate surface area is 202 Å². The number of halogens is 4. The molecule has 0 radical (unpaired) electrons. The average molecular weight is 510 g/mol. The smallest absolute Gasteiger partial charge is 0.387 e. The monoisotopic (exact) mass is 509 g/mol. The van der Waals surface area contributed by atoms with Gasteiger partial charge in [0.1, 0.15) is 11.9 Å². The predicted octanol–water partition coefficient (Wildman–Crippen LogP) is 3.53. The minimum absolute atomic E-state index is 0.0387. The third-order valence-corrected chi connectivity index (χ3v) is 5.98. The third kappa shape index (κ3) is 4.01. The quantitative estimate of drug-likeness (QED) is 0.444. The minimum Gasteiger partial charge on any atom is -0.481 e. The van der Waals surface area contributed by atoms with E-state index in [4.69, 9.17) is 32.5 Å². The van der Waals surface area contributed by atoms with Crippen molar-refractivity contribution in [2.75, 3.05) is 13.7 Å². The lowest BCUT2D eigenvalue weighted by atomic mass is 9.85. The van der Waals surface area contributed by atoms with Crippen molar-refractivity contribution >= 4 is 17.5 Å². The lowest BCUT2D eigenvalue weighted by molar-refractivity contribution is -0.0521. The maximum atomic E-state index is 15.5. The minimum atomic E-state index is -3.34. The molecule has 0 saturated heterocycles. The zero-order valence-corrected chi connectivity index (χ0v) is 18.9. The van der Waals surface area contributed by atoms with Crippen LogP contribution in [0, 0.1) is 5.82 Å². The number of benzene rings is 2. The average Bonchev–Trinajstić information content (AvgIpc) is 3.13. The number of ether oxygens (including phenoxy) is 3. The number of pyridine rings is 1. The molecule has 4 rings (SSSR count). The molecule has 3 aromatic rings. The van der Waals surface area contributed by atoms with Gasteiger partial charge in [-0.05, 0) is 30.3 Å². The fourth-order valence-corrected chi connectivity index (χ4v) is 4.34. The maximum absolute atomic E-state index is 15.5. The van der Waals surface area contributed by atoms with Gasteiger partial charge in [-0.3, -0.25) is 4.79 Å². The van der Waals surface area contributed by atoms with Crippen LogP contribution in [0.15, 0.2) is 42.5 Å². The highest BCUT2D eigenvalue weighted by Gasteiger charge is 2.51. The summed E-state index contributed by atoms with van der Waals surface area (Å²) < 4.78 is 56.7. The number of aliphatic hydroxyl groups is 1. The van der Waals surface area contributed by atoms with Crippen LogP contribution in [0.2, 0.25) is 5.02 Å². The second kappa shape index (κ2) is 9.25. The Bertz CT molecular complexity index is 1310. The number of nitrogens with zero attached hydrogens (tertiary/aromatic N) is 1. The van der Waals surface area contributed by atoms with Crippen molar-refractivity contribution in [1.82, 2.24) is 4.98 Å². The van der Waals surface area contributed by atoms with Gasteiger partial charge >= 0.3 is 6.61 Å². The van der Waals surface area contributed by atoms with Crippen LogP contribution in [0.4, 0.5) is 13.2 Å². The number of hydrogen-bond donors (Lipinski definition) is 3. The SMILES string of the molecule is COc1cccc([C@]2(CN)Oc3ccc(Cl)c(-c4c(C(N)=O)ccc(OC(F)F)c4F)c3[C@H]2O)n1. The first-order valence-corrected chi connectivity index (χ1v) is 10.5. The molecule has 8 nitrogen and oxygen atoms in total. The molecular weight excluding hydrogens is 491 g/mol. The van der Waals surface area contributed by atoms with E-state index in [-0.39, 0.29) is 45.6 Å². The first-order chi connectivity index (χ1) is 16.6. The van der Waals surface area contributed by atoms with Gasteiger partial charge in [-0.25, -0.2) is 9.37 Å². The first kappa shape index (κ1) is 24.6. The number of primary amides is 1. The molecule has 12 heteroatoms. The number of methoxy groups -OCH3 is 1. The van der Waals surface area contributed by atoms with E-state index < -0.39 is 41.4 Å². The van der Waals surface area contributed by atoms with E-state index in [0.717, 1.165) is 12.1 Å². The number of carbonyl (C=O) groups is 1. The Morgan fingerprint density at radius 3 is 2.63 bits per heavy atom. The van der Waals surface area contributed by atoms with E-state index in [9.17, 15) is 18.7 Å². The Morgan fingerprint density at radius 2 is 2.00 bits per heavy atom. The van der Waals surface area contributed by atoms with Crippen molar-refractivity contribution in [3.05, 3.63) is 70.1 Å². The highest BCUT2D eigenvalue weighted by molar-refractivity contribution is 6.34. The van der Waals surface area contributed by atoms with E-state index in [1.165, 1.54) is 19.2 Å². The standard InChI is InChI=1S/C23H19ClF3N3O5/c1-33-15-4-2-3-14(30-15)23(9-28)20(31)18-12(35-23)8-6-11(24)17(18)16-10(21(29)32)5-7-13(19(16)25)34-22(26)27/h2-8,20,22,31H,9,28H2,1H3,(H2,29,32)/t20-,23+/m1/s1. The molecule has 2 atom stereocenters. The summed E-state index contributed by atoms with van der Waals surface area (Å²) >= 11 is 6.40. The van der Waals surface area contributed by atoms with Crippen LogP contribution in [0.3, 0.4) is 0 Å². The molecule has 0 bridgehead atoms. The zero-order valence-electron chi connectivity index (χ0n) is 18.1. The van der Waals surface area contributed by atoms with E-state index >= 15 is 4.39 Å². The topological polar surface area (TPSA) is 130 Å². The maximum Gasteiger partial charge on any atom is 0.387 e. The van der Waals surface area contributed by atoms with Crippen LogP contribution in [0.5, 0.6) is 17.4 Å². The number of carbonyl (C=O) groups excluding carboxylic acids is 1. The van der Waals surface area contributed by atoms with Gasteiger partial charge in [0.25, 0.3) is 0 Å². The second-order valence-electron chi connectivity index (χ2n) is 7.54. The number of alkyl halides is 2. The van der Waals surface area contributed by atoms with Crippen molar-refractivity contribution < 1.29 is 37.3 Å². The number of aromatic nitrogens is 1. The number of amides is 1.